The Labute approximate surface area is 180 Å². The zero-order valence-corrected chi connectivity index (χ0v) is 17.4. The molecule has 3 aromatic rings. The molecule has 1 aliphatic rings. The molecule has 0 atom stereocenters. The molecule has 9 heteroatoms. The maximum Gasteiger partial charge on any atom is 0.243 e. The van der Waals surface area contributed by atoms with Gasteiger partial charge in [0.25, 0.3) is 0 Å². The number of benzene rings is 3. The molecule has 31 heavy (non-hydrogen) atoms. The summed E-state index contributed by atoms with van der Waals surface area (Å²) < 4.78 is 23.0. The number of carbonyl (C=O) groups excluding carboxylic acids is 1. The van der Waals surface area contributed by atoms with Crippen molar-refractivity contribution < 1.29 is 13.2 Å². The number of nitrogens with one attached hydrogen (secondary N) is 1. The van der Waals surface area contributed by atoms with Crippen LogP contribution in [0.4, 0.5) is 22.7 Å². The third-order valence-electron chi connectivity index (χ3n) is 4.89. The molecule has 0 unspecified atom stereocenters. The Bertz CT molecular complexity index is 1230. The highest BCUT2D eigenvalue weighted by Gasteiger charge is 2.23. The third kappa shape index (κ3) is 5.14. The number of nitrogens with zero attached hydrogens (tertiary/aromatic N) is 3. The lowest BCUT2D eigenvalue weighted by Gasteiger charge is -2.19. The smallest absolute Gasteiger partial charge is 0.243 e. The molecule has 0 aliphatic carbocycles. The van der Waals surface area contributed by atoms with E-state index in [9.17, 15) is 13.2 Å². The van der Waals surface area contributed by atoms with Crippen LogP contribution in [-0.2, 0) is 21.2 Å². The van der Waals surface area contributed by atoms with Gasteiger partial charge in [0.05, 0.1) is 22.8 Å². The molecule has 0 spiro atoms. The Morgan fingerprint density at radius 2 is 1.65 bits per heavy atom. The standard InChI is InChI=1S/C22H21N5O3S/c23-31(29,30)20-10-11-21-16(14-20)12-13-27(21)15-22(28)24-17-6-8-19(9-7-17)26-25-18-4-2-1-3-5-18/h1-11,14H,12-13,15H2,(H,24,28)(H2,23,29,30). The number of hydrogen-bond acceptors (Lipinski definition) is 6. The monoisotopic (exact) mass is 435 g/mol. The first-order valence-electron chi connectivity index (χ1n) is 9.66. The first-order chi connectivity index (χ1) is 14.9. The summed E-state index contributed by atoms with van der Waals surface area (Å²) in [5.74, 6) is -0.165. The molecule has 8 nitrogen and oxygen atoms in total. The van der Waals surface area contributed by atoms with Gasteiger partial charge in [-0.1, -0.05) is 18.2 Å². The fourth-order valence-electron chi connectivity index (χ4n) is 3.38. The van der Waals surface area contributed by atoms with Crippen LogP contribution >= 0.6 is 0 Å². The van der Waals surface area contributed by atoms with Gasteiger partial charge in [0.1, 0.15) is 0 Å². The molecule has 4 rings (SSSR count). The van der Waals surface area contributed by atoms with Crippen LogP contribution in [0.3, 0.4) is 0 Å². The molecule has 0 saturated heterocycles. The summed E-state index contributed by atoms with van der Waals surface area (Å²) in [6.07, 6.45) is 0.660. The molecule has 0 fully saturated rings. The van der Waals surface area contributed by atoms with Crippen LogP contribution < -0.4 is 15.4 Å². The number of sulfonamides is 1. The van der Waals surface area contributed by atoms with Gasteiger partial charge in [-0.25, -0.2) is 13.6 Å². The first-order valence-corrected chi connectivity index (χ1v) is 11.2. The number of primary sulfonamides is 1. The number of amides is 1. The van der Waals surface area contributed by atoms with E-state index in [4.69, 9.17) is 5.14 Å². The molecule has 0 saturated carbocycles. The zero-order chi connectivity index (χ0) is 21.8. The van der Waals surface area contributed by atoms with Crippen LogP contribution in [0.5, 0.6) is 0 Å². The van der Waals surface area contributed by atoms with Crippen molar-refractivity contribution in [3.05, 3.63) is 78.4 Å². The fraction of sp³-hybridized carbons (Fsp3) is 0.136. The van der Waals surface area contributed by atoms with Crippen molar-refractivity contribution in [1.29, 1.82) is 0 Å². The van der Waals surface area contributed by atoms with Gasteiger partial charge in [0.15, 0.2) is 0 Å². The first kappa shape index (κ1) is 20.7. The van der Waals surface area contributed by atoms with Crippen LogP contribution in [0.2, 0.25) is 0 Å². The van der Waals surface area contributed by atoms with Gasteiger partial charge < -0.3 is 10.2 Å². The summed E-state index contributed by atoms with van der Waals surface area (Å²) in [6.45, 7) is 0.798. The third-order valence-corrected chi connectivity index (χ3v) is 5.80. The van der Waals surface area contributed by atoms with Crippen molar-refractivity contribution in [3.8, 4) is 0 Å². The lowest BCUT2D eigenvalue weighted by atomic mass is 10.2. The largest absolute Gasteiger partial charge is 0.362 e. The van der Waals surface area contributed by atoms with Crippen LogP contribution in [0.25, 0.3) is 0 Å². The Morgan fingerprint density at radius 3 is 2.32 bits per heavy atom. The Kier molecular flexibility index (Phi) is 5.79. The highest BCUT2D eigenvalue weighted by atomic mass is 32.2. The van der Waals surface area contributed by atoms with Gasteiger partial charge in [-0.2, -0.15) is 10.2 Å². The van der Waals surface area contributed by atoms with E-state index in [0.717, 1.165) is 16.9 Å². The second-order valence-corrected chi connectivity index (χ2v) is 8.70. The minimum Gasteiger partial charge on any atom is -0.362 e. The van der Waals surface area contributed by atoms with Gasteiger partial charge in [-0.3, -0.25) is 4.79 Å². The molecule has 1 amide bonds. The summed E-state index contributed by atoms with van der Waals surface area (Å²) in [5.41, 5.74) is 3.82. The molecule has 1 heterocycles. The van der Waals surface area contributed by atoms with Crippen LogP contribution in [0.15, 0.2) is 87.9 Å². The average Bonchev–Trinajstić information content (AvgIpc) is 3.15. The number of carbonyl (C=O) groups is 1. The van der Waals surface area contributed by atoms with Gasteiger partial charge in [0.2, 0.25) is 15.9 Å². The summed E-state index contributed by atoms with van der Waals surface area (Å²) in [5, 5.41) is 16.4. The van der Waals surface area contributed by atoms with E-state index in [2.05, 4.69) is 15.5 Å². The minimum absolute atomic E-state index is 0.0852. The van der Waals surface area contributed by atoms with Gasteiger partial charge in [-0.05, 0) is 66.6 Å². The van der Waals surface area contributed by atoms with Gasteiger partial charge >= 0.3 is 0 Å². The van der Waals surface area contributed by atoms with Crippen molar-refractivity contribution in [1.82, 2.24) is 0 Å². The maximum atomic E-state index is 12.5. The van der Waals surface area contributed by atoms with E-state index in [1.165, 1.54) is 6.07 Å². The number of anilines is 2. The Morgan fingerprint density at radius 1 is 0.968 bits per heavy atom. The second-order valence-electron chi connectivity index (χ2n) is 7.14. The van der Waals surface area contributed by atoms with E-state index in [0.29, 0.717) is 24.3 Å². The Hall–Kier alpha value is -3.56. The van der Waals surface area contributed by atoms with E-state index >= 15 is 0 Å². The van der Waals surface area contributed by atoms with E-state index in [1.807, 2.05) is 35.2 Å². The lowest BCUT2D eigenvalue weighted by molar-refractivity contribution is -0.115. The highest BCUT2D eigenvalue weighted by molar-refractivity contribution is 7.89. The van der Waals surface area contributed by atoms with E-state index in [-0.39, 0.29) is 17.3 Å². The van der Waals surface area contributed by atoms with Crippen molar-refractivity contribution in [2.75, 3.05) is 23.3 Å². The number of hydrogen-bond donors (Lipinski definition) is 2. The zero-order valence-electron chi connectivity index (χ0n) is 16.6. The molecular formula is C22H21N5O3S. The normalized spacial score (nSPS) is 13.4. The highest BCUT2D eigenvalue weighted by Crippen LogP contribution is 2.29. The van der Waals surface area contributed by atoms with Crippen molar-refractivity contribution in [3.63, 3.8) is 0 Å². The molecule has 3 aromatic carbocycles. The van der Waals surface area contributed by atoms with Crippen LogP contribution in [-0.4, -0.2) is 27.4 Å². The molecule has 1 aliphatic heterocycles. The number of fused-ring (bicyclic) bond motifs is 1. The summed E-state index contributed by atoms with van der Waals surface area (Å²) in [4.78, 5) is 14.5. The second kappa shape index (κ2) is 8.66. The number of nitrogens with two attached hydrogens (primary N) is 1. The summed E-state index contributed by atoms with van der Waals surface area (Å²) in [6, 6.07) is 21.3. The lowest BCUT2D eigenvalue weighted by Crippen LogP contribution is -2.31. The Balaban J connectivity index is 1.36. The van der Waals surface area contributed by atoms with Crippen LogP contribution in [0, 0.1) is 0 Å². The van der Waals surface area contributed by atoms with Crippen molar-refractivity contribution in [2.45, 2.75) is 11.3 Å². The van der Waals surface area contributed by atoms with Crippen molar-refractivity contribution in [2.24, 2.45) is 15.4 Å². The molecule has 3 N–H and O–H groups in total. The molecule has 0 bridgehead atoms. The predicted octanol–water partition coefficient (Wildman–Crippen LogP) is 3.75. The SMILES string of the molecule is NS(=O)(=O)c1ccc2c(c1)CCN2CC(=O)Nc1ccc(N=Nc2ccccc2)cc1. The molecule has 0 aromatic heterocycles. The van der Waals surface area contributed by atoms with E-state index in [1.54, 1.807) is 36.4 Å². The van der Waals surface area contributed by atoms with Crippen molar-refractivity contribution >= 4 is 38.7 Å². The summed E-state index contributed by atoms with van der Waals surface area (Å²) in [7, 11) is -3.74. The molecule has 0 radical (unpaired) electrons. The van der Waals surface area contributed by atoms with Gasteiger partial charge in [0, 0.05) is 17.9 Å². The average molecular weight is 436 g/mol. The van der Waals surface area contributed by atoms with Crippen LogP contribution in [0.1, 0.15) is 5.56 Å². The molecular weight excluding hydrogens is 414 g/mol. The maximum absolute atomic E-state index is 12.5. The quantitative estimate of drug-likeness (QED) is 0.573. The predicted molar refractivity (Wildman–Crippen MR) is 119 cm³/mol. The van der Waals surface area contributed by atoms with Gasteiger partial charge in [-0.15, -0.1) is 0 Å². The summed E-state index contributed by atoms with van der Waals surface area (Å²) >= 11 is 0. The number of rotatable bonds is 6. The molecule has 158 valence electrons. The van der Waals surface area contributed by atoms with E-state index < -0.39 is 10.0 Å². The topological polar surface area (TPSA) is 117 Å². The fourth-order valence-corrected chi connectivity index (χ4v) is 3.95. The number of azo groups is 1. The minimum atomic E-state index is -3.74.